The van der Waals surface area contributed by atoms with E-state index >= 15 is 0 Å². The second-order valence-electron chi connectivity index (χ2n) is 6.94. The smallest absolute Gasteiger partial charge is 0.281 e. The normalized spacial score (nSPS) is 11.1. The van der Waals surface area contributed by atoms with Gasteiger partial charge in [-0.2, -0.15) is 10.1 Å². The van der Waals surface area contributed by atoms with Crippen LogP contribution in [0.15, 0.2) is 64.2 Å². The molecule has 4 rings (SSSR count). The number of benzene rings is 3. The van der Waals surface area contributed by atoms with Crippen molar-refractivity contribution in [3.8, 4) is 17.2 Å². The topological polar surface area (TPSA) is 73.2 Å². The Morgan fingerprint density at radius 2 is 1.71 bits per heavy atom. The summed E-state index contributed by atoms with van der Waals surface area (Å²) in [6.45, 7) is 0. The van der Waals surface area contributed by atoms with Crippen LogP contribution < -0.4 is 19.2 Å². The van der Waals surface area contributed by atoms with Crippen LogP contribution in [0, 0.1) is 5.82 Å². The summed E-state index contributed by atoms with van der Waals surface area (Å²) in [6, 6.07) is 14.5. The molecule has 0 saturated carbocycles. The molecule has 4 aromatic rings. The third kappa shape index (κ3) is 4.87. The van der Waals surface area contributed by atoms with Crippen LogP contribution in [0.4, 0.5) is 9.52 Å². The van der Waals surface area contributed by atoms with E-state index in [4.69, 9.17) is 14.2 Å². The number of halogens is 2. The number of ether oxygens (including phenoxy) is 3. The molecule has 0 aliphatic rings. The monoisotopic (exact) mass is 543 g/mol. The zero-order chi connectivity index (χ0) is 24.2. The first-order valence-corrected chi connectivity index (χ1v) is 11.5. The summed E-state index contributed by atoms with van der Waals surface area (Å²) in [4.78, 5) is 18.2. The van der Waals surface area contributed by atoms with E-state index in [1.54, 1.807) is 24.3 Å². The van der Waals surface area contributed by atoms with Gasteiger partial charge in [0.15, 0.2) is 11.5 Å². The Morgan fingerprint density at radius 1 is 1.03 bits per heavy atom. The van der Waals surface area contributed by atoms with Gasteiger partial charge in [0.05, 0.1) is 37.8 Å². The lowest BCUT2D eigenvalue weighted by atomic mass is 10.1. The minimum atomic E-state index is -0.462. The lowest BCUT2D eigenvalue weighted by Crippen LogP contribution is -2.25. The summed E-state index contributed by atoms with van der Waals surface area (Å²) in [7, 11) is 4.43. The van der Waals surface area contributed by atoms with Crippen LogP contribution in [0.25, 0.3) is 10.2 Å². The predicted octanol–water partition coefficient (Wildman–Crippen LogP) is 5.90. The van der Waals surface area contributed by atoms with Crippen LogP contribution in [0.3, 0.4) is 0 Å². The molecule has 0 bridgehead atoms. The van der Waals surface area contributed by atoms with Gasteiger partial charge in [0.2, 0.25) is 10.9 Å². The molecule has 0 aliphatic carbocycles. The Labute approximate surface area is 207 Å². The minimum Gasteiger partial charge on any atom is -0.493 e. The number of fused-ring (bicyclic) bond motifs is 1. The molecule has 1 aromatic heterocycles. The highest BCUT2D eigenvalue weighted by molar-refractivity contribution is 9.10. The molecule has 1 amide bonds. The van der Waals surface area contributed by atoms with Gasteiger partial charge in [0.1, 0.15) is 5.82 Å². The van der Waals surface area contributed by atoms with E-state index in [2.05, 4.69) is 26.0 Å². The second-order valence-corrected chi connectivity index (χ2v) is 8.86. The maximum absolute atomic E-state index is 13.7. The van der Waals surface area contributed by atoms with E-state index in [1.165, 1.54) is 56.0 Å². The van der Waals surface area contributed by atoms with Gasteiger partial charge in [0, 0.05) is 10.0 Å². The lowest BCUT2D eigenvalue weighted by molar-refractivity contribution is 0.0987. The van der Waals surface area contributed by atoms with Crippen molar-refractivity contribution in [2.45, 2.75) is 0 Å². The molecule has 0 atom stereocenters. The zero-order valence-electron chi connectivity index (χ0n) is 18.4. The number of hydrogen-bond acceptors (Lipinski definition) is 7. The summed E-state index contributed by atoms with van der Waals surface area (Å²) in [5.41, 5.74) is 1.60. The molecule has 7 nitrogen and oxygen atoms in total. The van der Waals surface area contributed by atoms with Crippen molar-refractivity contribution >= 4 is 54.7 Å². The van der Waals surface area contributed by atoms with Gasteiger partial charge in [-0.25, -0.2) is 9.37 Å². The number of anilines is 1. The molecule has 0 aliphatic heterocycles. The van der Waals surface area contributed by atoms with Crippen LogP contribution >= 0.6 is 27.3 Å². The Balaban J connectivity index is 1.81. The van der Waals surface area contributed by atoms with Crippen molar-refractivity contribution < 1.29 is 23.4 Å². The van der Waals surface area contributed by atoms with Crippen molar-refractivity contribution in [2.75, 3.05) is 26.3 Å². The lowest BCUT2D eigenvalue weighted by Gasteiger charge is -2.17. The largest absolute Gasteiger partial charge is 0.493 e. The van der Waals surface area contributed by atoms with Gasteiger partial charge in [-0.3, -0.25) is 4.79 Å². The van der Waals surface area contributed by atoms with Gasteiger partial charge in [-0.05, 0) is 48.0 Å². The molecule has 174 valence electrons. The fraction of sp³-hybridized carbons (Fsp3) is 0.125. The van der Waals surface area contributed by atoms with Crippen LogP contribution in [-0.4, -0.2) is 38.4 Å². The maximum atomic E-state index is 13.7. The van der Waals surface area contributed by atoms with E-state index in [1.807, 2.05) is 18.2 Å². The molecular formula is C24H19BrFN3O4S. The summed E-state index contributed by atoms with van der Waals surface area (Å²) in [6.07, 6.45) is 1.47. The number of hydrazone groups is 1. The predicted molar refractivity (Wildman–Crippen MR) is 134 cm³/mol. The molecule has 10 heteroatoms. The molecular weight excluding hydrogens is 525 g/mol. The van der Waals surface area contributed by atoms with Crippen molar-refractivity contribution in [1.29, 1.82) is 0 Å². The molecule has 0 N–H and O–H groups in total. The Morgan fingerprint density at radius 3 is 2.32 bits per heavy atom. The van der Waals surface area contributed by atoms with Gasteiger partial charge in [-0.15, -0.1) is 0 Å². The Bertz CT molecular complexity index is 1350. The van der Waals surface area contributed by atoms with Crippen LogP contribution in [0.1, 0.15) is 15.9 Å². The summed E-state index contributed by atoms with van der Waals surface area (Å²) in [5, 5.41) is 5.96. The third-order valence-electron chi connectivity index (χ3n) is 4.82. The average Bonchev–Trinajstić information content (AvgIpc) is 3.26. The van der Waals surface area contributed by atoms with Crippen LogP contribution in [-0.2, 0) is 0 Å². The number of aromatic nitrogens is 1. The zero-order valence-corrected chi connectivity index (χ0v) is 20.8. The molecule has 0 unspecified atom stereocenters. The fourth-order valence-electron chi connectivity index (χ4n) is 3.17. The number of hydrogen-bond donors (Lipinski definition) is 0. The molecule has 34 heavy (non-hydrogen) atoms. The van der Waals surface area contributed by atoms with Crippen molar-refractivity contribution in [3.63, 3.8) is 0 Å². The first-order valence-electron chi connectivity index (χ1n) is 9.93. The summed E-state index contributed by atoms with van der Waals surface area (Å²) >= 11 is 4.77. The van der Waals surface area contributed by atoms with Crippen LogP contribution in [0.2, 0.25) is 0 Å². The van der Waals surface area contributed by atoms with Gasteiger partial charge < -0.3 is 14.2 Å². The minimum absolute atomic E-state index is 0.256. The van der Waals surface area contributed by atoms with E-state index in [0.717, 1.165) is 14.7 Å². The molecule has 0 fully saturated rings. The highest BCUT2D eigenvalue weighted by Crippen LogP contribution is 2.39. The van der Waals surface area contributed by atoms with E-state index in [-0.39, 0.29) is 11.4 Å². The van der Waals surface area contributed by atoms with Gasteiger partial charge in [0.25, 0.3) is 5.91 Å². The van der Waals surface area contributed by atoms with Gasteiger partial charge in [-0.1, -0.05) is 39.4 Å². The average molecular weight is 544 g/mol. The standard InChI is InChI=1S/C24H19BrFN3O4S/c1-31-19-10-15(11-20(32-2)22(19)33-3)23(30)29(27-13-14-4-7-17(26)8-5-14)24-28-18-9-6-16(25)12-21(18)34-24/h4-13H,1-3H3/b27-13+. The molecule has 1 heterocycles. The number of thiazole rings is 1. The Hall–Kier alpha value is -3.50. The van der Waals surface area contributed by atoms with E-state index in [0.29, 0.717) is 27.9 Å². The molecule has 0 spiro atoms. The first kappa shape index (κ1) is 23.7. The highest BCUT2D eigenvalue weighted by atomic mass is 79.9. The highest BCUT2D eigenvalue weighted by Gasteiger charge is 2.24. The number of amides is 1. The van der Waals surface area contributed by atoms with Crippen molar-refractivity contribution in [1.82, 2.24) is 4.98 Å². The fourth-order valence-corrected chi connectivity index (χ4v) is 4.64. The maximum Gasteiger partial charge on any atom is 0.281 e. The van der Waals surface area contributed by atoms with Crippen LogP contribution in [0.5, 0.6) is 17.2 Å². The number of carbonyl (C=O) groups excluding carboxylic acids is 1. The first-order chi connectivity index (χ1) is 16.4. The third-order valence-corrected chi connectivity index (χ3v) is 6.30. The summed E-state index contributed by atoms with van der Waals surface area (Å²) < 4.78 is 31.2. The molecule has 0 radical (unpaired) electrons. The van der Waals surface area contributed by atoms with Gasteiger partial charge >= 0.3 is 0 Å². The number of rotatable bonds is 7. The van der Waals surface area contributed by atoms with E-state index < -0.39 is 5.91 Å². The number of nitrogens with zero attached hydrogens (tertiary/aromatic N) is 3. The quantitative estimate of drug-likeness (QED) is 0.214. The number of carbonyl (C=O) groups is 1. The second kappa shape index (κ2) is 10.2. The van der Waals surface area contributed by atoms with E-state index in [9.17, 15) is 9.18 Å². The molecule has 3 aromatic carbocycles. The number of methoxy groups -OCH3 is 3. The van der Waals surface area contributed by atoms with Crippen molar-refractivity contribution in [3.05, 3.63) is 76.0 Å². The molecule has 0 saturated heterocycles. The summed E-state index contributed by atoms with van der Waals surface area (Å²) in [5.74, 6) is 0.213. The van der Waals surface area contributed by atoms with Crippen molar-refractivity contribution in [2.24, 2.45) is 5.10 Å². The SMILES string of the molecule is COc1cc(C(=O)N(/N=C/c2ccc(F)cc2)c2nc3ccc(Br)cc3s2)cc(OC)c1OC. The Kier molecular flexibility index (Phi) is 7.09.